The Balaban J connectivity index is 1.67. The smallest absolute Gasteiger partial charge is 0.416 e. The molecule has 0 aliphatic carbocycles. The minimum Gasteiger partial charge on any atom is -0.493 e. The lowest BCUT2D eigenvalue weighted by Gasteiger charge is -2.08. The number of amides is 1. The van der Waals surface area contributed by atoms with Crippen LogP contribution in [0.2, 0.25) is 0 Å². The molecule has 2 aromatic carbocycles. The van der Waals surface area contributed by atoms with Gasteiger partial charge in [-0.2, -0.15) is 18.3 Å². The molecule has 3 rings (SSSR count). The molecule has 3 aromatic rings. The number of nitrogens with one attached hydrogen (secondary N) is 1. The summed E-state index contributed by atoms with van der Waals surface area (Å²) in [6, 6.07) is 12.5. The van der Waals surface area contributed by atoms with Gasteiger partial charge >= 0.3 is 6.18 Å². The van der Waals surface area contributed by atoms with Crippen molar-refractivity contribution in [3.05, 3.63) is 72.1 Å². The van der Waals surface area contributed by atoms with Gasteiger partial charge in [-0.25, -0.2) is 13.1 Å². The van der Waals surface area contributed by atoms with Crippen LogP contribution in [-0.2, 0) is 16.0 Å². The van der Waals surface area contributed by atoms with Crippen LogP contribution in [0.1, 0.15) is 22.5 Å². The maximum absolute atomic E-state index is 13.0. The van der Waals surface area contributed by atoms with E-state index < -0.39 is 27.5 Å². The number of alkyl halides is 3. The van der Waals surface area contributed by atoms with Gasteiger partial charge in [-0.1, -0.05) is 24.3 Å². The molecule has 0 spiro atoms. The number of carbonyl (C=O) groups excluding carboxylic acids is 1. The summed E-state index contributed by atoms with van der Waals surface area (Å²) in [4.78, 5) is 12.7. The minimum atomic E-state index is -4.52. The van der Waals surface area contributed by atoms with Gasteiger partial charge in [0.2, 0.25) is 0 Å². The summed E-state index contributed by atoms with van der Waals surface area (Å²) in [5.41, 5.74) is -0.878. The number of benzene rings is 2. The molecule has 0 bridgehead atoms. The highest BCUT2D eigenvalue weighted by molar-refractivity contribution is 7.91. The summed E-state index contributed by atoms with van der Waals surface area (Å²) in [6.07, 6.45) is -3.06. The first-order valence-corrected chi connectivity index (χ1v) is 11.1. The zero-order valence-electron chi connectivity index (χ0n) is 17.0. The number of ether oxygens (including phenoxy) is 1. The third-order valence-corrected chi connectivity index (χ3v) is 6.35. The van der Waals surface area contributed by atoms with E-state index in [1.54, 1.807) is 18.2 Å². The fourth-order valence-corrected chi connectivity index (χ4v) is 4.25. The molecule has 1 aromatic heterocycles. The topological polar surface area (TPSA) is 90.3 Å². The summed E-state index contributed by atoms with van der Waals surface area (Å²) < 4.78 is 69.7. The third-order valence-electron chi connectivity index (χ3n) is 4.53. The van der Waals surface area contributed by atoms with Crippen molar-refractivity contribution in [2.75, 3.05) is 19.4 Å². The number of nitrogens with zero attached hydrogens (tertiary/aromatic N) is 2. The van der Waals surface area contributed by atoms with Crippen molar-refractivity contribution < 1.29 is 31.1 Å². The molecule has 0 saturated carbocycles. The van der Waals surface area contributed by atoms with Gasteiger partial charge in [-0.05, 0) is 36.8 Å². The minimum absolute atomic E-state index is 0.0600. The Kier molecular flexibility index (Phi) is 6.87. The molecular weight excluding hydrogens is 447 g/mol. The Morgan fingerprint density at radius 2 is 1.84 bits per heavy atom. The van der Waals surface area contributed by atoms with E-state index in [9.17, 15) is 26.4 Å². The molecule has 0 aliphatic heterocycles. The summed E-state index contributed by atoms with van der Waals surface area (Å²) in [5, 5.41) is 6.60. The number of methoxy groups -OCH3 is 1. The Bertz CT molecular complexity index is 1190. The van der Waals surface area contributed by atoms with Crippen molar-refractivity contribution in [1.82, 2.24) is 15.1 Å². The lowest BCUT2D eigenvalue weighted by molar-refractivity contribution is -0.137. The number of hydrogen-bond acceptors (Lipinski definition) is 5. The number of carbonyl (C=O) groups is 1. The van der Waals surface area contributed by atoms with Crippen LogP contribution in [0.4, 0.5) is 13.2 Å². The van der Waals surface area contributed by atoms with Crippen molar-refractivity contribution in [2.24, 2.45) is 0 Å². The molecule has 0 radical (unpaired) electrons. The van der Waals surface area contributed by atoms with Gasteiger partial charge in [-0.15, -0.1) is 0 Å². The predicted octanol–water partition coefficient (Wildman–Crippen LogP) is 3.49. The van der Waals surface area contributed by atoms with Crippen LogP contribution in [0.15, 0.2) is 65.7 Å². The van der Waals surface area contributed by atoms with Crippen LogP contribution >= 0.6 is 0 Å². The normalized spacial score (nSPS) is 11.9. The molecule has 7 nitrogen and oxygen atoms in total. The van der Waals surface area contributed by atoms with Crippen LogP contribution in [0.25, 0.3) is 5.69 Å². The van der Waals surface area contributed by atoms with E-state index in [-0.39, 0.29) is 40.7 Å². The van der Waals surface area contributed by atoms with Crippen molar-refractivity contribution in [3.8, 4) is 11.4 Å². The molecule has 0 unspecified atom stereocenters. The summed E-state index contributed by atoms with van der Waals surface area (Å²) >= 11 is 0. The maximum Gasteiger partial charge on any atom is 0.416 e. The van der Waals surface area contributed by atoms with Crippen molar-refractivity contribution in [1.29, 1.82) is 0 Å². The molecule has 0 fully saturated rings. The van der Waals surface area contributed by atoms with Crippen molar-refractivity contribution in [3.63, 3.8) is 0 Å². The first kappa shape index (κ1) is 23.3. The monoisotopic (exact) mass is 467 g/mol. The van der Waals surface area contributed by atoms with Crippen LogP contribution in [0.3, 0.4) is 0 Å². The fourth-order valence-electron chi connectivity index (χ4n) is 2.92. The molecule has 1 heterocycles. The van der Waals surface area contributed by atoms with Crippen LogP contribution in [-0.4, -0.2) is 43.5 Å². The van der Waals surface area contributed by atoms with Gasteiger partial charge in [-0.3, -0.25) is 4.79 Å². The number of rotatable bonds is 8. The number of sulfone groups is 1. The third kappa shape index (κ3) is 5.47. The zero-order chi connectivity index (χ0) is 23.4. The van der Waals surface area contributed by atoms with E-state index >= 15 is 0 Å². The second kappa shape index (κ2) is 9.43. The predicted molar refractivity (Wildman–Crippen MR) is 111 cm³/mol. The quantitative estimate of drug-likeness (QED) is 0.512. The second-order valence-corrected chi connectivity index (χ2v) is 8.89. The molecule has 170 valence electrons. The second-order valence-electron chi connectivity index (χ2n) is 6.78. The first-order valence-electron chi connectivity index (χ1n) is 9.49. The summed E-state index contributed by atoms with van der Waals surface area (Å²) in [6.45, 7) is 0.0600. The lowest BCUT2D eigenvalue weighted by atomic mass is 10.2. The Morgan fingerprint density at radius 1 is 1.12 bits per heavy atom. The SMILES string of the molecule is COc1cn(-c2cccc(C(F)(F)F)c2)nc1C(=O)NCCCS(=O)(=O)c1ccccc1. The fraction of sp³-hybridized carbons (Fsp3) is 0.238. The average Bonchev–Trinajstić information content (AvgIpc) is 3.21. The number of aromatic nitrogens is 2. The van der Waals surface area contributed by atoms with Gasteiger partial charge in [0.25, 0.3) is 5.91 Å². The molecule has 0 aliphatic rings. The van der Waals surface area contributed by atoms with Crippen molar-refractivity contribution in [2.45, 2.75) is 17.5 Å². The van der Waals surface area contributed by atoms with E-state index in [4.69, 9.17) is 4.74 Å². The molecule has 1 N–H and O–H groups in total. The first-order chi connectivity index (χ1) is 15.1. The van der Waals surface area contributed by atoms with Crippen molar-refractivity contribution >= 4 is 15.7 Å². The van der Waals surface area contributed by atoms with Gasteiger partial charge in [0.1, 0.15) is 0 Å². The Morgan fingerprint density at radius 3 is 2.50 bits per heavy atom. The average molecular weight is 467 g/mol. The highest BCUT2D eigenvalue weighted by Gasteiger charge is 2.30. The van der Waals surface area contributed by atoms with Gasteiger partial charge < -0.3 is 10.1 Å². The van der Waals surface area contributed by atoms with Crippen LogP contribution < -0.4 is 10.1 Å². The molecule has 0 atom stereocenters. The molecule has 11 heteroatoms. The standard InChI is InChI=1S/C21H20F3N3O4S/c1-31-18-14-27(16-8-5-7-15(13-16)21(22,23)24)26-19(18)20(28)25-11-6-12-32(29,30)17-9-3-2-4-10-17/h2-5,7-10,13-14H,6,11-12H2,1H3,(H,25,28). The molecule has 32 heavy (non-hydrogen) atoms. The van der Waals surface area contributed by atoms with E-state index in [1.165, 1.54) is 37.6 Å². The Hall–Kier alpha value is -3.34. The highest BCUT2D eigenvalue weighted by Crippen LogP contribution is 2.30. The highest BCUT2D eigenvalue weighted by atomic mass is 32.2. The van der Waals surface area contributed by atoms with Crippen LogP contribution in [0, 0.1) is 0 Å². The number of halogens is 3. The molecule has 0 saturated heterocycles. The molecule has 1 amide bonds. The van der Waals surface area contributed by atoms with E-state index in [0.29, 0.717) is 0 Å². The lowest BCUT2D eigenvalue weighted by Crippen LogP contribution is -2.27. The van der Waals surface area contributed by atoms with Gasteiger partial charge in [0.05, 0.1) is 35.2 Å². The van der Waals surface area contributed by atoms with E-state index in [2.05, 4.69) is 10.4 Å². The van der Waals surface area contributed by atoms with Crippen LogP contribution in [0.5, 0.6) is 5.75 Å². The Labute approximate surface area is 182 Å². The van der Waals surface area contributed by atoms with E-state index in [0.717, 1.165) is 16.8 Å². The zero-order valence-corrected chi connectivity index (χ0v) is 17.8. The molecular formula is C21H20F3N3O4S. The summed E-state index contributed by atoms with van der Waals surface area (Å²) in [7, 11) is -2.17. The summed E-state index contributed by atoms with van der Waals surface area (Å²) in [5.74, 6) is -0.728. The number of hydrogen-bond donors (Lipinski definition) is 1. The van der Waals surface area contributed by atoms with Gasteiger partial charge in [0.15, 0.2) is 21.3 Å². The maximum atomic E-state index is 13.0. The largest absolute Gasteiger partial charge is 0.493 e. The van der Waals surface area contributed by atoms with E-state index in [1.807, 2.05) is 0 Å². The van der Waals surface area contributed by atoms with Gasteiger partial charge in [0, 0.05) is 6.54 Å².